The number of anilines is 1. The molecular weight excluding hydrogens is 228 g/mol. The van der Waals surface area contributed by atoms with E-state index in [4.69, 9.17) is 16.2 Å². The summed E-state index contributed by atoms with van der Waals surface area (Å²) < 4.78 is 5.70. The summed E-state index contributed by atoms with van der Waals surface area (Å²) in [6.07, 6.45) is 0. The van der Waals surface area contributed by atoms with Crippen LogP contribution in [-0.4, -0.2) is 5.91 Å². The van der Waals surface area contributed by atoms with Gasteiger partial charge in [0, 0.05) is 5.69 Å². The van der Waals surface area contributed by atoms with E-state index < -0.39 is 5.91 Å². The van der Waals surface area contributed by atoms with Crippen LogP contribution in [0.5, 0.6) is 11.5 Å². The fourth-order valence-electron chi connectivity index (χ4n) is 1.62. The summed E-state index contributed by atoms with van der Waals surface area (Å²) in [6.45, 7) is 1.93. The third kappa shape index (κ3) is 2.43. The number of para-hydroxylation sites is 1. The maximum absolute atomic E-state index is 11.3. The summed E-state index contributed by atoms with van der Waals surface area (Å²) in [6, 6.07) is 12.4. The number of nitrogens with two attached hydrogens (primary N) is 2. The van der Waals surface area contributed by atoms with Crippen LogP contribution in [0.3, 0.4) is 0 Å². The molecule has 2 aromatic rings. The standard InChI is InChI=1S/C14H14N2O2/c1-9-4-2-3-5-12(9)18-13-7-6-10(15)8-11(13)14(16)17/h2-8H,15H2,1H3,(H2,16,17). The van der Waals surface area contributed by atoms with Crippen molar-refractivity contribution in [3.05, 3.63) is 53.6 Å². The molecule has 4 nitrogen and oxygen atoms in total. The van der Waals surface area contributed by atoms with Gasteiger partial charge in [0.25, 0.3) is 5.91 Å². The summed E-state index contributed by atoms with van der Waals surface area (Å²) in [5, 5.41) is 0. The van der Waals surface area contributed by atoms with Crippen LogP contribution < -0.4 is 16.2 Å². The van der Waals surface area contributed by atoms with Gasteiger partial charge < -0.3 is 16.2 Å². The molecular formula is C14H14N2O2. The van der Waals surface area contributed by atoms with Gasteiger partial charge in [0.1, 0.15) is 11.5 Å². The quantitative estimate of drug-likeness (QED) is 0.811. The Morgan fingerprint density at radius 2 is 1.83 bits per heavy atom. The minimum atomic E-state index is -0.564. The van der Waals surface area contributed by atoms with Crippen molar-refractivity contribution in [1.82, 2.24) is 0 Å². The molecule has 0 aromatic heterocycles. The van der Waals surface area contributed by atoms with Gasteiger partial charge in [-0.2, -0.15) is 0 Å². The average Bonchev–Trinajstić information content (AvgIpc) is 2.34. The first kappa shape index (κ1) is 12.0. The number of carbonyl (C=O) groups is 1. The molecule has 0 unspecified atom stereocenters. The maximum Gasteiger partial charge on any atom is 0.252 e. The molecule has 18 heavy (non-hydrogen) atoms. The lowest BCUT2D eigenvalue weighted by molar-refractivity contribution is 0.0998. The highest BCUT2D eigenvalue weighted by molar-refractivity contribution is 5.96. The Bertz CT molecular complexity index is 594. The van der Waals surface area contributed by atoms with E-state index in [0.717, 1.165) is 5.56 Å². The lowest BCUT2D eigenvalue weighted by Crippen LogP contribution is -2.12. The molecule has 92 valence electrons. The summed E-state index contributed by atoms with van der Waals surface area (Å²) in [4.78, 5) is 11.3. The molecule has 0 aliphatic rings. The molecule has 0 radical (unpaired) electrons. The molecule has 4 N–H and O–H groups in total. The Morgan fingerprint density at radius 3 is 2.50 bits per heavy atom. The lowest BCUT2D eigenvalue weighted by atomic mass is 10.1. The number of primary amides is 1. The molecule has 0 saturated heterocycles. The topological polar surface area (TPSA) is 78.3 Å². The molecule has 1 amide bonds. The van der Waals surface area contributed by atoms with E-state index >= 15 is 0 Å². The number of carbonyl (C=O) groups excluding carboxylic acids is 1. The molecule has 0 spiro atoms. The van der Waals surface area contributed by atoms with Crippen LogP contribution in [0.4, 0.5) is 5.69 Å². The van der Waals surface area contributed by atoms with Crippen molar-refractivity contribution in [3.63, 3.8) is 0 Å². The van der Waals surface area contributed by atoms with Gasteiger partial charge in [-0.15, -0.1) is 0 Å². The minimum Gasteiger partial charge on any atom is -0.456 e. The van der Waals surface area contributed by atoms with Crippen molar-refractivity contribution in [3.8, 4) is 11.5 Å². The molecule has 0 heterocycles. The molecule has 0 saturated carbocycles. The van der Waals surface area contributed by atoms with Gasteiger partial charge in [-0.1, -0.05) is 18.2 Å². The predicted octanol–water partition coefficient (Wildman–Crippen LogP) is 2.47. The number of benzene rings is 2. The second-order valence-corrected chi connectivity index (χ2v) is 3.99. The Morgan fingerprint density at radius 1 is 1.11 bits per heavy atom. The van der Waals surface area contributed by atoms with E-state index in [1.165, 1.54) is 6.07 Å². The van der Waals surface area contributed by atoms with Crippen LogP contribution >= 0.6 is 0 Å². The van der Waals surface area contributed by atoms with Gasteiger partial charge in [-0.05, 0) is 36.8 Å². The summed E-state index contributed by atoms with van der Waals surface area (Å²) in [5.41, 5.74) is 12.7. The third-order valence-corrected chi connectivity index (χ3v) is 2.58. The van der Waals surface area contributed by atoms with Gasteiger partial charge in [0.15, 0.2) is 0 Å². The van der Waals surface area contributed by atoms with Crippen LogP contribution in [-0.2, 0) is 0 Å². The van der Waals surface area contributed by atoms with Gasteiger partial charge in [-0.3, -0.25) is 4.79 Å². The summed E-state index contributed by atoms with van der Waals surface area (Å²) >= 11 is 0. The Labute approximate surface area is 105 Å². The minimum absolute atomic E-state index is 0.276. The van der Waals surface area contributed by atoms with Crippen LogP contribution in [0, 0.1) is 6.92 Å². The fraction of sp³-hybridized carbons (Fsp3) is 0.0714. The highest BCUT2D eigenvalue weighted by Crippen LogP contribution is 2.28. The van der Waals surface area contributed by atoms with E-state index in [2.05, 4.69) is 0 Å². The van der Waals surface area contributed by atoms with E-state index in [1.807, 2.05) is 31.2 Å². The molecule has 0 aliphatic heterocycles. The van der Waals surface area contributed by atoms with Gasteiger partial charge in [0.2, 0.25) is 0 Å². The van der Waals surface area contributed by atoms with Crippen molar-refractivity contribution in [2.75, 3.05) is 5.73 Å². The molecule has 0 fully saturated rings. The van der Waals surface area contributed by atoms with E-state index in [-0.39, 0.29) is 5.56 Å². The maximum atomic E-state index is 11.3. The second-order valence-electron chi connectivity index (χ2n) is 3.99. The van der Waals surface area contributed by atoms with Crippen molar-refractivity contribution >= 4 is 11.6 Å². The zero-order valence-electron chi connectivity index (χ0n) is 10.0. The molecule has 2 aromatic carbocycles. The Balaban J connectivity index is 2.41. The molecule has 0 bridgehead atoms. The van der Waals surface area contributed by atoms with Crippen LogP contribution in [0.25, 0.3) is 0 Å². The number of nitrogen functional groups attached to an aromatic ring is 1. The summed E-state index contributed by atoms with van der Waals surface area (Å²) in [7, 11) is 0. The number of ether oxygens (including phenoxy) is 1. The number of rotatable bonds is 3. The smallest absolute Gasteiger partial charge is 0.252 e. The highest BCUT2D eigenvalue weighted by Gasteiger charge is 2.11. The van der Waals surface area contributed by atoms with E-state index in [1.54, 1.807) is 12.1 Å². The number of hydrogen-bond donors (Lipinski definition) is 2. The zero-order chi connectivity index (χ0) is 13.1. The van der Waals surface area contributed by atoms with Crippen molar-refractivity contribution in [2.45, 2.75) is 6.92 Å². The molecule has 0 aliphatic carbocycles. The van der Waals surface area contributed by atoms with Crippen LogP contribution in [0.1, 0.15) is 15.9 Å². The third-order valence-electron chi connectivity index (χ3n) is 2.58. The van der Waals surface area contributed by atoms with Crippen molar-refractivity contribution < 1.29 is 9.53 Å². The molecule has 0 atom stereocenters. The lowest BCUT2D eigenvalue weighted by Gasteiger charge is -2.11. The van der Waals surface area contributed by atoms with Crippen LogP contribution in [0.15, 0.2) is 42.5 Å². The second kappa shape index (κ2) is 4.79. The molecule has 4 heteroatoms. The Kier molecular flexibility index (Phi) is 3.19. The summed E-state index contributed by atoms with van der Waals surface area (Å²) in [5.74, 6) is 0.529. The van der Waals surface area contributed by atoms with Crippen molar-refractivity contribution in [1.29, 1.82) is 0 Å². The first-order valence-corrected chi connectivity index (χ1v) is 5.51. The number of aryl methyl sites for hydroxylation is 1. The number of hydrogen-bond acceptors (Lipinski definition) is 3. The first-order chi connectivity index (χ1) is 8.58. The number of amides is 1. The largest absolute Gasteiger partial charge is 0.456 e. The van der Waals surface area contributed by atoms with Crippen molar-refractivity contribution in [2.24, 2.45) is 5.73 Å². The average molecular weight is 242 g/mol. The Hall–Kier alpha value is -2.49. The normalized spacial score (nSPS) is 10.1. The van der Waals surface area contributed by atoms with E-state index in [0.29, 0.717) is 17.2 Å². The predicted molar refractivity (Wildman–Crippen MR) is 70.6 cm³/mol. The highest BCUT2D eigenvalue weighted by atomic mass is 16.5. The molecule has 2 rings (SSSR count). The van der Waals surface area contributed by atoms with Gasteiger partial charge >= 0.3 is 0 Å². The fourth-order valence-corrected chi connectivity index (χ4v) is 1.62. The van der Waals surface area contributed by atoms with Gasteiger partial charge in [0.05, 0.1) is 5.56 Å². The SMILES string of the molecule is Cc1ccccc1Oc1ccc(N)cc1C(N)=O. The first-order valence-electron chi connectivity index (χ1n) is 5.51. The van der Waals surface area contributed by atoms with Crippen LogP contribution in [0.2, 0.25) is 0 Å². The zero-order valence-corrected chi connectivity index (χ0v) is 10.0. The van der Waals surface area contributed by atoms with Gasteiger partial charge in [-0.25, -0.2) is 0 Å². The monoisotopic (exact) mass is 242 g/mol. The van der Waals surface area contributed by atoms with E-state index in [9.17, 15) is 4.79 Å².